The first-order valence-corrected chi connectivity index (χ1v) is 28.7. The van der Waals surface area contributed by atoms with Crippen LogP contribution in [0, 0.1) is 29.6 Å². The van der Waals surface area contributed by atoms with Gasteiger partial charge < -0.3 is 67.5 Å². The summed E-state index contributed by atoms with van der Waals surface area (Å²) in [5, 5.41) is 5.41. The lowest BCUT2D eigenvalue weighted by Gasteiger charge is -2.31. The molecular weight excluding hydrogens is 1110 g/mol. The van der Waals surface area contributed by atoms with E-state index in [9.17, 15) is 46.7 Å². The van der Waals surface area contributed by atoms with Gasteiger partial charge in [-0.3, -0.25) is 24.0 Å². The molecule has 0 radical (unpaired) electrons. The zero-order valence-corrected chi connectivity index (χ0v) is 49.9. The standard InChI is InChI=1S/C58H83F3N4O19/c1-32(2)28-76-43-17-12-16-40(57(72)82-36(8)47(43)75-26-14-23-58(59,60)61)64-52(67)46-50(79-31-80-53(68)34(5)6)42(74-11)22-25-65(46)27-35(7)54(69)81-30-78-49-41(73-10)21-24-62-45(49)51(66)63-39-15-13-18-44(77-29-33(3)4)48(37(9)83-56(39)71)84-55(70)38-19-20-38/h21-22,24-25,32-40,43-44,47-48H,12-20,23,26-31H2,1-11H3,(H-,63,64,66,67)/p+1. The van der Waals surface area contributed by atoms with E-state index >= 15 is 0 Å². The van der Waals surface area contributed by atoms with Crippen molar-refractivity contribution in [2.45, 2.75) is 188 Å². The molecule has 470 valence electrons. The van der Waals surface area contributed by atoms with E-state index in [0.717, 1.165) is 12.8 Å². The lowest BCUT2D eigenvalue weighted by molar-refractivity contribution is -0.703. The Morgan fingerprint density at radius 2 is 1.24 bits per heavy atom. The maximum absolute atomic E-state index is 14.7. The van der Waals surface area contributed by atoms with Gasteiger partial charge in [0.1, 0.15) is 36.3 Å². The van der Waals surface area contributed by atoms with E-state index in [1.807, 2.05) is 27.7 Å². The summed E-state index contributed by atoms with van der Waals surface area (Å²) in [5.41, 5.74) is -0.601. The van der Waals surface area contributed by atoms with Crippen molar-refractivity contribution in [3.8, 4) is 23.0 Å². The molecule has 3 aliphatic rings. The lowest BCUT2D eigenvalue weighted by Crippen LogP contribution is -2.51. The highest BCUT2D eigenvalue weighted by Gasteiger charge is 2.43. The van der Waals surface area contributed by atoms with Crippen molar-refractivity contribution < 1.29 is 108 Å². The maximum atomic E-state index is 14.7. The quantitative estimate of drug-likeness (QED) is 0.0295. The van der Waals surface area contributed by atoms with Crippen molar-refractivity contribution in [2.75, 3.05) is 47.6 Å². The van der Waals surface area contributed by atoms with E-state index in [0.29, 0.717) is 32.5 Å². The number of alkyl halides is 3. The van der Waals surface area contributed by atoms with Gasteiger partial charge in [-0.15, -0.1) is 0 Å². The molecule has 9 unspecified atom stereocenters. The number of cyclic esters (lactones) is 2. The van der Waals surface area contributed by atoms with Crippen LogP contribution < -0.4 is 34.1 Å². The molecule has 23 nitrogen and oxygen atoms in total. The average Bonchev–Trinajstić information content (AvgIpc) is 3.82. The van der Waals surface area contributed by atoms with Crippen molar-refractivity contribution >= 4 is 41.7 Å². The SMILES string of the molecule is COc1ccnc(C(=O)NC2CCCC(OCC(C)C)C(OC(=O)C3CC3)C(C)OC2=O)c1OCOC(=O)C(C)C[n+]1ccc(OC)c(OCOC(=O)C(C)C)c1C(=O)NC1CCCC(OCC(C)C)C(OCCCC(F)(F)F)C(C)OC1=O. The third-order valence-electron chi connectivity index (χ3n) is 13.8. The highest BCUT2D eigenvalue weighted by molar-refractivity contribution is 5.98. The molecule has 1 aliphatic carbocycles. The van der Waals surface area contributed by atoms with Gasteiger partial charge in [0.05, 0.1) is 38.3 Å². The van der Waals surface area contributed by atoms with E-state index in [1.165, 1.54) is 57.2 Å². The summed E-state index contributed by atoms with van der Waals surface area (Å²) in [6.45, 7) is 14.3. The topological polar surface area (TPSA) is 271 Å². The highest BCUT2D eigenvalue weighted by Crippen LogP contribution is 2.34. The van der Waals surface area contributed by atoms with E-state index in [1.54, 1.807) is 20.8 Å². The number of carbonyl (C=O) groups excluding carboxylic acids is 7. The number of amides is 2. The fourth-order valence-electron chi connectivity index (χ4n) is 9.14. The molecule has 84 heavy (non-hydrogen) atoms. The van der Waals surface area contributed by atoms with Crippen molar-refractivity contribution in [2.24, 2.45) is 29.6 Å². The number of methoxy groups -OCH3 is 2. The highest BCUT2D eigenvalue weighted by atomic mass is 19.4. The monoisotopic (exact) mass is 1200 g/mol. The molecule has 2 aliphatic heterocycles. The first-order valence-electron chi connectivity index (χ1n) is 28.7. The van der Waals surface area contributed by atoms with Gasteiger partial charge >= 0.3 is 47.6 Å². The second kappa shape index (κ2) is 32.7. The van der Waals surface area contributed by atoms with Crippen LogP contribution in [0.15, 0.2) is 24.5 Å². The average molecular weight is 1200 g/mol. The number of nitrogens with one attached hydrogen (secondary N) is 2. The Kier molecular flexibility index (Phi) is 26.5. The first-order chi connectivity index (χ1) is 39.8. The molecule has 2 aromatic heterocycles. The Morgan fingerprint density at radius 1 is 0.702 bits per heavy atom. The predicted octanol–water partition coefficient (Wildman–Crippen LogP) is 6.70. The Balaban J connectivity index is 1.32. The minimum absolute atomic E-state index is 0.00380. The second-order valence-electron chi connectivity index (χ2n) is 22.4. The van der Waals surface area contributed by atoms with Crippen LogP contribution in [0.1, 0.15) is 147 Å². The molecule has 0 bridgehead atoms. The molecule has 2 aromatic rings. The number of pyridine rings is 2. The fraction of sp³-hybridized carbons (Fsp3) is 0.707. The van der Waals surface area contributed by atoms with Gasteiger partial charge in [0, 0.05) is 44.6 Å². The summed E-state index contributed by atoms with van der Waals surface area (Å²) < 4.78 is 110. The van der Waals surface area contributed by atoms with Gasteiger partial charge in [0.2, 0.25) is 19.3 Å². The Hall–Kier alpha value is -6.54. The molecule has 9 atom stereocenters. The molecule has 0 aromatic carbocycles. The molecular formula is C58H84F3N4O19+. The number of hydrogen-bond donors (Lipinski definition) is 2. The van der Waals surface area contributed by atoms with Crippen LogP contribution in [0.25, 0.3) is 0 Å². The molecule has 1 saturated carbocycles. The van der Waals surface area contributed by atoms with Crippen LogP contribution in [-0.2, 0) is 68.4 Å². The second-order valence-corrected chi connectivity index (χ2v) is 22.4. The molecule has 2 saturated heterocycles. The van der Waals surface area contributed by atoms with Crippen molar-refractivity contribution in [3.63, 3.8) is 0 Å². The molecule has 0 spiro atoms. The van der Waals surface area contributed by atoms with E-state index in [-0.39, 0.29) is 96.9 Å². The summed E-state index contributed by atoms with van der Waals surface area (Å²) in [7, 11) is 2.61. The predicted molar refractivity (Wildman–Crippen MR) is 289 cm³/mol. The minimum Gasteiger partial charge on any atom is -0.493 e. The van der Waals surface area contributed by atoms with Crippen LogP contribution >= 0.6 is 0 Å². The Bertz CT molecular complexity index is 2530. The van der Waals surface area contributed by atoms with E-state index < -0.39 is 122 Å². The molecule has 5 rings (SSSR count). The number of halogens is 3. The molecule has 2 N–H and O–H groups in total. The van der Waals surface area contributed by atoms with Gasteiger partial charge in [-0.2, -0.15) is 17.7 Å². The summed E-state index contributed by atoms with van der Waals surface area (Å²) in [6.07, 6.45) is -5.17. The summed E-state index contributed by atoms with van der Waals surface area (Å²) in [4.78, 5) is 99.7. The summed E-state index contributed by atoms with van der Waals surface area (Å²) >= 11 is 0. The molecule has 26 heteroatoms. The zero-order valence-electron chi connectivity index (χ0n) is 49.9. The first kappa shape index (κ1) is 68.2. The largest absolute Gasteiger partial charge is 0.493 e. The normalized spacial score (nSPS) is 22.8. The van der Waals surface area contributed by atoms with Crippen molar-refractivity contribution in [1.29, 1.82) is 0 Å². The minimum atomic E-state index is -4.39. The fourth-order valence-corrected chi connectivity index (χ4v) is 9.14. The van der Waals surface area contributed by atoms with Gasteiger partial charge in [-0.25, -0.2) is 14.6 Å². The van der Waals surface area contributed by atoms with Crippen LogP contribution in [0.5, 0.6) is 23.0 Å². The number of hydrogen-bond acceptors (Lipinski definition) is 20. The summed E-state index contributed by atoms with van der Waals surface area (Å²) in [6, 6.07) is 0.366. The number of aromatic nitrogens is 2. The van der Waals surface area contributed by atoms with Gasteiger partial charge in [0.15, 0.2) is 41.8 Å². The van der Waals surface area contributed by atoms with Crippen molar-refractivity contribution in [3.05, 3.63) is 35.9 Å². The van der Waals surface area contributed by atoms with Crippen LogP contribution in [-0.4, -0.2) is 149 Å². The third kappa shape index (κ3) is 20.9. The number of esters is 5. The molecule has 2 amide bonds. The lowest BCUT2D eigenvalue weighted by atomic mass is 10.0. The van der Waals surface area contributed by atoms with Crippen LogP contribution in [0.3, 0.4) is 0 Å². The number of ether oxygens (including phenoxy) is 12. The zero-order chi connectivity index (χ0) is 61.8. The van der Waals surface area contributed by atoms with E-state index in [4.69, 9.17) is 56.8 Å². The smallest absolute Gasteiger partial charge is 0.389 e. The van der Waals surface area contributed by atoms with Gasteiger partial charge in [-0.05, 0) is 90.4 Å². The van der Waals surface area contributed by atoms with Crippen molar-refractivity contribution in [1.82, 2.24) is 15.6 Å². The molecule has 4 heterocycles. The molecule has 3 fully saturated rings. The van der Waals surface area contributed by atoms with Gasteiger partial charge in [0.25, 0.3) is 5.91 Å². The number of rotatable bonds is 28. The van der Waals surface area contributed by atoms with Gasteiger partial charge in [-0.1, -0.05) is 41.5 Å². The third-order valence-corrected chi connectivity index (χ3v) is 13.8. The Morgan fingerprint density at radius 3 is 1.79 bits per heavy atom. The van der Waals surface area contributed by atoms with E-state index in [2.05, 4.69) is 15.6 Å². The van der Waals surface area contributed by atoms with Crippen LogP contribution in [0.2, 0.25) is 0 Å². The van der Waals surface area contributed by atoms with Crippen LogP contribution in [0.4, 0.5) is 13.2 Å². The summed E-state index contributed by atoms with van der Waals surface area (Å²) in [5.74, 6) is -7.25. The Labute approximate surface area is 488 Å². The maximum Gasteiger partial charge on any atom is 0.389 e. The number of nitrogens with zero attached hydrogens (tertiary/aromatic N) is 2. The number of carbonyl (C=O) groups is 7.